The molecule has 0 saturated heterocycles. The summed E-state index contributed by atoms with van der Waals surface area (Å²) in [6.07, 6.45) is 1.68. The molecule has 0 unspecified atom stereocenters. The topological polar surface area (TPSA) is 42.3 Å². The highest BCUT2D eigenvalue weighted by Gasteiger charge is 2.21. The lowest BCUT2D eigenvalue weighted by atomic mass is 10.2. The van der Waals surface area contributed by atoms with E-state index in [4.69, 9.17) is 0 Å². The fraction of sp³-hybridized carbons (Fsp3) is 0.176. The minimum absolute atomic E-state index is 0.296. The fourth-order valence-electron chi connectivity index (χ4n) is 2.51. The average Bonchev–Trinajstić information content (AvgIpc) is 2.88. The lowest BCUT2D eigenvalue weighted by molar-refractivity contribution is 0.589. The Morgan fingerprint density at radius 2 is 1.59 bits per heavy atom. The zero-order valence-corrected chi connectivity index (χ0v) is 13.6. The van der Waals surface area contributed by atoms with Crippen LogP contribution in [0.15, 0.2) is 59.6 Å². The van der Waals surface area contributed by atoms with Crippen LogP contribution in [0.2, 0.25) is 0 Å². The van der Waals surface area contributed by atoms with Crippen LogP contribution in [-0.4, -0.2) is 26.5 Å². The molecule has 0 aliphatic carbocycles. The molecule has 0 saturated carbocycles. The molecule has 3 rings (SSSR count). The first kappa shape index (κ1) is 14.7. The largest absolute Gasteiger partial charge is 0.376 e. The standard InChI is InChI=1S/C17H18N2O2S/c1-13-8-10-14(11-9-13)22(20,21)19-12-17(18(2)3)15-6-4-5-7-16(15)19/h4-12H,1-3H3. The minimum atomic E-state index is -3.61. The van der Waals surface area contributed by atoms with Gasteiger partial charge in [-0.2, -0.15) is 0 Å². The van der Waals surface area contributed by atoms with Gasteiger partial charge in [0.25, 0.3) is 10.0 Å². The summed E-state index contributed by atoms with van der Waals surface area (Å²) in [6, 6.07) is 14.4. The molecule has 0 aliphatic rings. The summed E-state index contributed by atoms with van der Waals surface area (Å²) >= 11 is 0. The van der Waals surface area contributed by atoms with E-state index in [1.165, 1.54) is 3.97 Å². The van der Waals surface area contributed by atoms with Gasteiger partial charge in [-0.05, 0) is 25.1 Å². The van der Waals surface area contributed by atoms with Gasteiger partial charge in [0.2, 0.25) is 0 Å². The van der Waals surface area contributed by atoms with E-state index in [-0.39, 0.29) is 0 Å². The van der Waals surface area contributed by atoms with Gasteiger partial charge in [0.05, 0.1) is 16.1 Å². The number of aromatic nitrogens is 1. The number of anilines is 1. The number of fused-ring (bicyclic) bond motifs is 1. The zero-order valence-electron chi connectivity index (χ0n) is 12.8. The van der Waals surface area contributed by atoms with Crippen molar-refractivity contribution in [3.05, 3.63) is 60.3 Å². The Bertz CT molecular complexity index is 923. The Morgan fingerprint density at radius 3 is 2.23 bits per heavy atom. The van der Waals surface area contributed by atoms with Crippen LogP contribution in [0.5, 0.6) is 0 Å². The van der Waals surface area contributed by atoms with Crippen molar-refractivity contribution < 1.29 is 8.42 Å². The zero-order chi connectivity index (χ0) is 15.9. The molecule has 22 heavy (non-hydrogen) atoms. The first-order valence-corrected chi connectivity index (χ1v) is 8.45. The lowest BCUT2D eigenvalue weighted by Crippen LogP contribution is -2.12. The molecular weight excluding hydrogens is 296 g/mol. The number of nitrogens with zero attached hydrogens (tertiary/aromatic N) is 2. The van der Waals surface area contributed by atoms with Crippen molar-refractivity contribution in [1.29, 1.82) is 0 Å². The Labute approximate surface area is 130 Å². The lowest BCUT2D eigenvalue weighted by Gasteiger charge is -2.10. The highest BCUT2D eigenvalue weighted by Crippen LogP contribution is 2.30. The molecule has 1 aromatic heterocycles. The average molecular weight is 314 g/mol. The van der Waals surface area contributed by atoms with Crippen LogP contribution in [0.1, 0.15) is 5.56 Å². The van der Waals surface area contributed by atoms with Gasteiger partial charge < -0.3 is 4.90 Å². The normalized spacial score (nSPS) is 11.8. The van der Waals surface area contributed by atoms with Crippen molar-refractivity contribution in [2.45, 2.75) is 11.8 Å². The number of rotatable bonds is 3. The summed E-state index contributed by atoms with van der Waals surface area (Å²) in [5, 5.41) is 0.920. The van der Waals surface area contributed by atoms with Gasteiger partial charge in [-0.3, -0.25) is 0 Å². The van der Waals surface area contributed by atoms with Crippen molar-refractivity contribution in [2.24, 2.45) is 0 Å². The van der Waals surface area contributed by atoms with Crippen molar-refractivity contribution >= 4 is 26.6 Å². The monoisotopic (exact) mass is 314 g/mol. The number of benzene rings is 2. The highest BCUT2D eigenvalue weighted by atomic mass is 32.2. The van der Waals surface area contributed by atoms with E-state index in [0.29, 0.717) is 10.4 Å². The Hall–Kier alpha value is -2.27. The van der Waals surface area contributed by atoms with Gasteiger partial charge in [0.1, 0.15) is 0 Å². The third-order valence-corrected chi connectivity index (χ3v) is 5.40. The highest BCUT2D eigenvalue weighted by molar-refractivity contribution is 7.90. The van der Waals surface area contributed by atoms with E-state index in [1.54, 1.807) is 18.3 Å². The van der Waals surface area contributed by atoms with Crippen LogP contribution in [0, 0.1) is 6.92 Å². The molecule has 0 spiro atoms. The molecule has 0 radical (unpaired) electrons. The Kier molecular flexibility index (Phi) is 3.45. The number of hydrogen-bond donors (Lipinski definition) is 0. The molecule has 0 bridgehead atoms. The Morgan fingerprint density at radius 1 is 0.955 bits per heavy atom. The van der Waals surface area contributed by atoms with Gasteiger partial charge in [-0.25, -0.2) is 12.4 Å². The maximum Gasteiger partial charge on any atom is 0.268 e. The molecule has 2 aromatic carbocycles. The summed E-state index contributed by atoms with van der Waals surface area (Å²) in [5.74, 6) is 0. The van der Waals surface area contributed by atoms with Gasteiger partial charge >= 0.3 is 0 Å². The third kappa shape index (κ3) is 2.27. The quantitative estimate of drug-likeness (QED) is 0.745. The molecule has 5 heteroatoms. The molecular formula is C17H18N2O2S. The van der Waals surface area contributed by atoms with Crippen molar-refractivity contribution in [2.75, 3.05) is 19.0 Å². The molecule has 1 heterocycles. The van der Waals surface area contributed by atoms with E-state index in [1.807, 2.05) is 62.3 Å². The van der Waals surface area contributed by atoms with Crippen LogP contribution in [0.3, 0.4) is 0 Å². The van der Waals surface area contributed by atoms with Gasteiger partial charge in [0.15, 0.2) is 0 Å². The van der Waals surface area contributed by atoms with Gasteiger partial charge in [-0.15, -0.1) is 0 Å². The second-order valence-electron chi connectivity index (χ2n) is 5.54. The molecule has 114 valence electrons. The maximum absolute atomic E-state index is 12.9. The maximum atomic E-state index is 12.9. The van der Waals surface area contributed by atoms with Crippen LogP contribution < -0.4 is 4.90 Å². The summed E-state index contributed by atoms with van der Waals surface area (Å²) in [7, 11) is 0.210. The number of aryl methyl sites for hydroxylation is 1. The van der Waals surface area contributed by atoms with Crippen molar-refractivity contribution in [3.8, 4) is 0 Å². The summed E-state index contributed by atoms with van der Waals surface area (Å²) < 4.78 is 27.2. The van der Waals surface area contributed by atoms with E-state index in [0.717, 1.165) is 16.6 Å². The smallest absolute Gasteiger partial charge is 0.268 e. The van der Waals surface area contributed by atoms with E-state index < -0.39 is 10.0 Å². The first-order chi connectivity index (χ1) is 10.4. The van der Waals surface area contributed by atoms with Gasteiger partial charge in [-0.1, -0.05) is 35.9 Å². The summed E-state index contributed by atoms with van der Waals surface area (Å²) in [5.41, 5.74) is 2.60. The van der Waals surface area contributed by atoms with Gasteiger partial charge in [0, 0.05) is 25.7 Å². The molecule has 0 aliphatic heterocycles. The number of para-hydroxylation sites is 1. The Balaban J connectivity index is 2.27. The second-order valence-corrected chi connectivity index (χ2v) is 7.35. The third-order valence-electron chi connectivity index (χ3n) is 3.72. The fourth-order valence-corrected chi connectivity index (χ4v) is 3.88. The molecule has 4 nitrogen and oxygen atoms in total. The first-order valence-electron chi connectivity index (χ1n) is 7.01. The van der Waals surface area contributed by atoms with Crippen molar-refractivity contribution in [3.63, 3.8) is 0 Å². The molecule has 0 N–H and O–H groups in total. The van der Waals surface area contributed by atoms with Crippen LogP contribution in [0.25, 0.3) is 10.9 Å². The van der Waals surface area contributed by atoms with Crippen molar-refractivity contribution in [1.82, 2.24) is 3.97 Å². The summed E-state index contributed by atoms with van der Waals surface area (Å²) in [6.45, 7) is 1.94. The van der Waals surface area contributed by atoms with Crippen LogP contribution in [-0.2, 0) is 10.0 Å². The predicted molar refractivity (Wildman–Crippen MR) is 90.0 cm³/mol. The molecule has 3 aromatic rings. The number of hydrogen-bond acceptors (Lipinski definition) is 3. The molecule has 0 atom stereocenters. The van der Waals surface area contributed by atoms with E-state index in [9.17, 15) is 8.42 Å². The van der Waals surface area contributed by atoms with E-state index >= 15 is 0 Å². The predicted octanol–water partition coefficient (Wildman–Crippen LogP) is 3.25. The second kappa shape index (κ2) is 5.18. The minimum Gasteiger partial charge on any atom is -0.376 e. The van der Waals surface area contributed by atoms with Crippen LogP contribution >= 0.6 is 0 Å². The SMILES string of the molecule is Cc1ccc(S(=O)(=O)n2cc(N(C)C)c3ccccc32)cc1. The molecule has 0 amide bonds. The molecule has 0 fully saturated rings. The summed E-state index contributed by atoms with van der Waals surface area (Å²) in [4.78, 5) is 2.22. The van der Waals surface area contributed by atoms with Crippen LogP contribution in [0.4, 0.5) is 5.69 Å². The van der Waals surface area contributed by atoms with E-state index in [2.05, 4.69) is 0 Å².